The van der Waals surface area contributed by atoms with E-state index >= 15 is 0 Å². The second-order valence-corrected chi connectivity index (χ2v) is 5.85. The summed E-state index contributed by atoms with van der Waals surface area (Å²) in [6.45, 7) is 3.78. The van der Waals surface area contributed by atoms with Crippen molar-refractivity contribution in [3.63, 3.8) is 0 Å². The van der Waals surface area contributed by atoms with Crippen molar-refractivity contribution in [2.75, 3.05) is 5.32 Å². The van der Waals surface area contributed by atoms with Crippen molar-refractivity contribution in [1.29, 1.82) is 0 Å². The summed E-state index contributed by atoms with van der Waals surface area (Å²) in [4.78, 5) is 28.9. The Bertz CT molecular complexity index is 597. The molecule has 0 aromatic carbocycles. The van der Waals surface area contributed by atoms with Gasteiger partial charge in [-0.1, -0.05) is 19.9 Å². The van der Waals surface area contributed by atoms with Crippen LogP contribution in [0.5, 0.6) is 0 Å². The molecule has 0 saturated heterocycles. The molecule has 0 radical (unpaired) electrons. The SMILES string of the molecule is CC(C)[C@H](NC(=O)c1cccs1)C(=O)Nc1cccnc1. The van der Waals surface area contributed by atoms with Gasteiger partial charge in [-0.2, -0.15) is 0 Å². The Balaban J connectivity index is 2.05. The Morgan fingerprint density at radius 3 is 2.62 bits per heavy atom. The molecule has 0 aliphatic heterocycles. The number of hydrogen-bond donors (Lipinski definition) is 2. The molecular weight excluding hydrogens is 286 g/mol. The van der Waals surface area contributed by atoms with Crippen molar-refractivity contribution < 1.29 is 9.59 Å². The number of pyridine rings is 1. The van der Waals surface area contributed by atoms with Crippen molar-refractivity contribution >= 4 is 28.8 Å². The van der Waals surface area contributed by atoms with Crippen LogP contribution < -0.4 is 10.6 Å². The molecule has 0 bridgehead atoms. The summed E-state index contributed by atoms with van der Waals surface area (Å²) in [6.07, 6.45) is 3.20. The zero-order valence-corrected chi connectivity index (χ0v) is 12.7. The summed E-state index contributed by atoms with van der Waals surface area (Å²) < 4.78 is 0. The lowest BCUT2D eigenvalue weighted by atomic mass is 10.0. The van der Waals surface area contributed by atoms with Gasteiger partial charge in [-0.25, -0.2) is 0 Å². The van der Waals surface area contributed by atoms with Gasteiger partial charge in [-0.3, -0.25) is 14.6 Å². The quantitative estimate of drug-likeness (QED) is 0.891. The number of hydrogen-bond acceptors (Lipinski definition) is 4. The third kappa shape index (κ3) is 4.13. The van der Waals surface area contributed by atoms with E-state index in [1.165, 1.54) is 11.3 Å². The molecule has 2 aromatic heterocycles. The van der Waals surface area contributed by atoms with Gasteiger partial charge in [-0.05, 0) is 29.5 Å². The number of amides is 2. The fraction of sp³-hybridized carbons (Fsp3) is 0.267. The average Bonchev–Trinajstić information content (AvgIpc) is 2.99. The topological polar surface area (TPSA) is 71.1 Å². The van der Waals surface area contributed by atoms with Crippen molar-refractivity contribution in [2.45, 2.75) is 19.9 Å². The molecule has 0 aliphatic carbocycles. The number of thiophene rings is 1. The lowest BCUT2D eigenvalue weighted by molar-refractivity contribution is -0.118. The number of aromatic nitrogens is 1. The van der Waals surface area contributed by atoms with Gasteiger partial charge in [0.05, 0.1) is 16.8 Å². The Kier molecular flexibility index (Phi) is 5.05. The lowest BCUT2D eigenvalue weighted by Gasteiger charge is -2.21. The van der Waals surface area contributed by atoms with E-state index in [0.717, 1.165) is 0 Å². The Morgan fingerprint density at radius 2 is 2.05 bits per heavy atom. The average molecular weight is 303 g/mol. The first-order chi connectivity index (χ1) is 10.1. The Labute approximate surface area is 127 Å². The molecule has 0 spiro atoms. The molecule has 0 unspecified atom stereocenters. The van der Waals surface area contributed by atoms with Crippen LogP contribution in [0.2, 0.25) is 0 Å². The van der Waals surface area contributed by atoms with Gasteiger partial charge in [0.2, 0.25) is 5.91 Å². The number of carbonyl (C=O) groups is 2. The minimum atomic E-state index is -0.597. The number of carbonyl (C=O) groups excluding carboxylic acids is 2. The number of anilines is 1. The molecule has 2 aromatic rings. The molecule has 2 N–H and O–H groups in total. The molecule has 2 heterocycles. The molecule has 6 heteroatoms. The highest BCUT2D eigenvalue weighted by Crippen LogP contribution is 2.12. The fourth-order valence-electron chi connectivity index (χ4n) is 1.81. The van der Waals surface area contributed by atoms with Crippen LogP contribution in [-0.4, -0.2) is 22.8 Å². The fourth-order valence-corrected chi connectivity index (χ4v) is 2.44. The second-order valence-electron chi connectivity index (χ2n) is 4.90. The van der Waals surface area contributed by atoms with Crippen molar-refractivity contribution in [3.8, 4) is 0 Å². The standard InChI is InChI=1S/C15H17N3O2S/c1-10(2)13(18-14(19)12-6-4-8-21-12)15(20)17-11-5-3-7-16-9-11/h3-10,13H,1-2H3,(H,17,20)(H,18,19)/t13-/m0/s1. The summed E-state index contributed by atoms with van der Waals surface area (Å²) in [5, 5.41) is 7.37. The maximum atomic E-state index is 12.3. The Hall–Kier alpha value is -2.21. The van der Waals surface area contributed by atoms with Gasteiger partial charge >= 0.3 is 0 Å². The summed E-state index contributed by atoms with van der Waals surface area (Å²) >= 11 is 1.35. The number of nitrogens with one attached hydrogen (secondary N) is 2. The minimum Gasteiger partial charge on any atom is -0.339 e. The molecular formula is C15H17N3O2S. The Morgan fingerprint density at radius 1 is 1.24 bits per heavy atom. The maximum absolute atomic E-state index is 12.3. The molecule has 0 aliphatic rings. The zero-order valence-electron chi connectivity index (χ0n) is 11.9. The summed E-state index contributed by atoms with van der Waals surface area (Å²) in [7, 11) is 0. The van der Waals surface area contributed by atoms with Crippen LogP contribution >= 0.6 is 11.3 Å². The van der Waals surface area contributed by atoms with Gasteiger partial charge in [0.1, 0.15) is 6.04 Å². The summed E-state index contributed by atoms with van der Waals surface area (Å²) in [6, 6.07) is 6.43. The first-order valence-corrected chi connectivity index (χ1v) is 7.51. The van der Waals surface area contributed by atoms with Gasteiger partial charge < -0.3 is 10.6 Å². The molecule has 0 saturated carbocycles. The second kappa shape index (κ2) is 6.99. The van der Waals surface area contributed by atoms with E-state index in [4.69, 9.17) is 0 Å². The number of nitrogens with zero attached hydrogens (tertiary/aromatic N) is 1. The molecule has 110 valence electrons. The predicted molar refractivity (Wildman–Crippen MR) is 83.3 cm³/mol. The first kappa shape index (κ1) is 15.2. The summed E-state index contributed by atoms with van der Waals surface area (Å²) in [5.74, 6) is -0.501. The summed E-state index contributed by atoms with van der Waals surface area (Å²) in [5.41, 5.74) is 0.610. The van der Waals surface area contributed by atoms with Crippen molar-refractivity contribution in [1.82, 2.24) is 10.3 Å². The number of rotatable bonds is 5. The van der Waals surface area contributed by atoms with E-state index in [2.05, 4.69) is 15.6 Å². The van der Waals surface area contributed by atoms with E-state index in [-0.39, 0.29) is 17.7 Å². The third-order valence-corrected chi connectivity index (χ3v) is 3.78. The van der Waals surface area contributed by atoms with Crippen LogP contribution in [0, 0.1) is 5.92 Å². The van der Waals surface area contributed by atoms with E-state index in [9.17, 15) is 9.59 Å². The predicted octanol–water partition coefficient (Wildman–Crippen LogP) is 2.54. The van der Waals surface area contributed by atoms with E-state index in [1.54, 1.807) is 36.7 Å². The van der Waals surface area contributed by atoms with Crippen molar-refractivity contribution in [2.24, 2.45) is 5.92 Å². The normalized spacial score (nSPS) is 12.0. The van der Waals surface area contributed by atoms with Crippen LogP contribution in [0.25, 0.3) is 0 Å². The lowest BCUT2D eigenvalue weighted by Crippen LogP contribution is -2.46. The van der Waals surface area contributed by atoms with Crippen LogP contribution in [0.15, 0.2) is 42.0 Å². The van der Waals surface area contributed by atoms with Gasteiger partial charge in [0, 0.05) is 6.20 Å². The van der Waals surface area contributed by atoms with E-state index in [1.807, 2.05) is 19.2 Å². The van der Waals surface area contributed by atoms with Gasteiger partial charge in [-0.15, -0.1) is 11.3 Å². The van der Waals surface area contributed by atoms with Crippen LogP contribution in [0.3, 0.4) is 0 Å². The third-order valence-electron chi connectivity index (χ3n) is 2.91. The zero-order chi connectivity index (χ0) is 15.2. The van der Waals surface area contributed by atoms with E-state index in [0.29, 0.717) is 10.6 Å². The van der Waals surface area contributed by atoms with Gasteiger partial charge in [0.25, 0.3) is 5.91 Å². The highest BCUT2D eigenvalue weighted by atomic mass is 32.1. The molecule has 21 heavy (non-hydrogen) atoms. The molecule has 0 fully saturated rings. The maximum Gasteiger partial charge on any atom is 0.262 e. The van der Waals surface area contributed by atoms with Crippen LogP contribution in [0.4, 0.5) is 5.69 Å². The molecule has 2 rings (SSSR count). The van der Waals surface area contributed by atoms with Crippen LogP contribution in [-0.2, 0) is 4.79 Å². The van der Waals surface area contributed by atoms with Crippen molar-refractivity contribution in [3.05, 3.63) is 46.9 Å². The highest BCUT2D eigenvalue weighted by Gasteiger charge is 2.25. The van der Waals surface area contributed by atoms with Gasteiger partial charge in [0.15, 0.2) is 0 Å². The smallest absolute Gasteiger partial charge is 0.262 e. The highest BCUT2D eigenvalue weighted by molar-refractivity contribution is 7.12. The monoisotopic (exact) mass is 303 g/mol. The van der Waals surface area contributed by atoms with E-state index < -0.39 is 6.04 Å². The first-order valence-electron chi connectivity index (χ1n) is 6.63. The largest absolute Gasteiger partial charge is 0.339 e. The molecule has 1 atom stereocenters. The minimum absolute atomic E-state index is 0.0226. The molecule has 5 nitrogen and oxygen atoms in total. The molecule has 2 amide bonds. The van der Waals surface area contributed by atoms with Crippen LogP contribution in [0.1, 0.15) is 23.5 Å².